The predicted molar refractivity (Wildman–Crippen MR) is 63.2 cm³/mol. The summed E-state index contributed by atoms with van der Waals surface area (Å²) in [6.07, 6.45) is 0.0277. The van der Waals surface area contributed by atoms with E-state index in [1.54, 1.807) is 0 Å². The molecule has 0 amide bonds. The molecule has 1 aliphatic heterocycles. The number of esters is 1. The van der Waals surface area contributed by atoms with Gasteiger partial charge in [-0.15, -0.1) is 11.3 Å². The largest absolute Gasteiger partial charge is 0.431 e. The Morgan fingerprint density at radius 1 is 1.65 bits per heavy atom. The van der Waals surface area contributed by atoms with Crippen LogP contribution in [-0.4, -0.2) is 27.3 Å². The van der Waals surface area contributed by atoms with Crippen LogP contribution in [0.5, 0.6) is 0 Å². The van der Waals surface area contributed by atoms with E-state index in [1.807, 2.05) is 0 Å². The van der Waals surface area contributed by atoms with Gasteiger partial charge in [0, 0.05) is 16.3 Å². The van der Waals surface area contributed by atoms with Gasteiger partial charge in [-0.25, -0.2) is 18.4 Å². The second-order valence-electron chi connectivity index (χ2n) is 3.28. The first-order valence-electron chi connectivity index (χ1n) is 4.52. The maximum absolute atomic E-state index is 11.7. The second kappa shape index (κ2) is 4.65. The van der Waals surface area contributed by atoms with Gasteiger partial charge in [0.2, 0.25) is 16.3 Å². The number of sulfonamides is 1. The van der Waals surface area contributed by atoms with Crippen molar-refractivity contribution in [2.24, 2.45) is 5.14 Å². The average Bonchev–Trinajstić information content (AvgIpc) is 2.52. The summed E-state index contributed by atoms with van der Waals surface area (Å²) in [6, 6.07) is 0. The highest BCUT2D eigenvalue weighted by Crippen LogP contribution is 2.32. The van der Waals surface area contributed by atoms with Gasteiger partial charge in [-0.05, 0) is 15.9 Å². The van der Waals surface area contributed by atoms with Gasteiger partial charge in [-0.3, -0.25) is 0 Å². The molecule has 1 aliphatic rings. The van der Waals surface area contributed by atoms with Crippen LogP contribution in [0, 0.1) is 0 Å². The zero-order valence-electron chi connectivity index (χ0n) is 8.38. The molecule has 9 heteroatoms. The van der Waals surface area contributed by atoms with Crippen molar-refractivity contribution in [1.82, 2.24) is 0 Å². The maximum atomic E-state index is 11.7. The highest BCUT2D eigenvalue weighted by atomic mass is 79.9. The number of carbonyl (C=O) groups excluding carboxylic acids is 1. The fourth-order valence-electron chi connectivity index (χ4n) is 1.21. The molecule has 1 unspecified atom stereocenters. The minimum Gasteiger partial charge on any atom is -0.431 e. The summed E-state index contributed by atoms with van der Waals surface area (Å²) < 4.78 is 32.8. The SMILES string of the molecule is NS(=O)(=O)c1c(Br)csc1C(=O)OC1CCO1. The third-order valence-electron chi connectivity index (χ3n) is 2.07. The molecule has 0 saturated carbocycles. The van der Waals surface area contributed by atoms with E-state index < -0.39 is 22.3 Å². The molecule has 0 radical (unpaired) electrons. The second-order valence-corrected chi connectivity index (χ2v) is 6.51. The first-order valence-corrected chi connectivity index (χ1v) is 7.74. The zero-order valence-corrected chi connectivity index (χ0v) is 11.6. The maximum Gasteiger partial charge on any atom is 0.352 e. The quantitative estimate of drug-likeness (QED) is 0.829. The van der Waals surface area contributed by atoms with Crippen LogP contribution >= 0.6 is 27.3 Å². The van der Waals surface area contributed by atoms with E-state index in [9.17, 15) is 13.2 Å². The number of nitrogens with two attached hydrogens (primary N) is 1. The minimum absolute atomic E-state index is 0.0464. The van der Waals surface area contributed by atoms with E-state index >= 15 is 0 Å². The third-order valence-corrected chi connectivity index (χ3v) is 5.34. The fourth-order valence-corrected chi connectivity index (χ4v) is 4.44. The Morgan fingerprint density at radius 2 is 2.29 bits per heavy atom. The van der Waals surface area contributed by atoms with E-state index in [0.717, 1.165) is 11.3 Å². The molecule has 2 N–H and O–H groups in total. The smallest absolute Gasteiger partial charge is 0.352 e. The first kappa shape index (κ1) is 13.0. The van der Waals surface area contributed by atoms with Gasteiger partial charge in [0.15, 0.2) is 0 Å². The van der Waals surface area contributed by atoms with Crippen LogP contribution in [0.15, 0.2) is 14.7 Å². The summed E-state index contributed by atoms with van der Waals surface area (Å²) in [6.45, 7) is 0.536. The Bertz CT molecular complexity index is 548. The third kappa shape index (κ3) is 2.68. The Hall–Kier alpha value is -0.480. The lowest BCUT2D eigenvalue weighted by Gasteiger charge is -2.25. The molecule has 1 saturated heterocycles. The number of carbonyl (C=O) groups is 1. The minimum atomic E-state index is -3.97. The Balaban J connectivity index is 2.29. The molecule has 94 valence electrons. The van der Waals surface area contributed by atoms with Crippen molar-refractivity contribution in [3.05, 3.63) is 14.7 Å². The molecule has 17 heavy (non-hydrogen) atoms. The highest BCUT2D eigenvalue weighted by Gasteiger charge is 2.29. The molecular weight excluding hydrogens is 334 g/mol. The van der Waals surface area contributed by atoms with Crippen LogP contribution in [0.2, 0.25) is 0 Å². The molecular formula is C8H8BrNO5S2. The summed E-state index contributed by atoms with van der Waals surface area (Å²) in [4.78, 5) is 11.4. The highest BCUT2D eigenvalue weighted by molar-refractivity contribution is 9.10. The van der Waals surface area contributed by atoms with Crippen molar-refractivity contribution >= 4 is 43.3 Å². The van der Waals surface area contributed by atoms with Crippen LogP contribution in [0.3, 0.4) is 0 Å². The van der Waals surface area contributed by atoms with E-state index in [4.69, 9.17) is 14.6 Å². The Kier molecular flexibility index (Phi) is 3.55. The standard InChI is InChI=1S/C8H8BrNO5S2/c9-4-3-16-6(7(4)17(10,12)13)8(11)15-5-1-2-14-5/h3,5H,1-2H2,(H2,10,12,13). The van der Waals surface area contributed by atoms with Crippen LogP contribution in [0.1, 0.15) is 16.1 Å². The van der Waals surface area contributed by atoms with Crippen LogP contribution in [0.4, 0.5) is 0 Å². The molecule has 0 aromatic carbocycles. The normalized spacial score (nSPS) is 19.8. The molecule has 0 spiro atoms. The summed E-state index contributed by atoms with van der Waals surface area (Å²) in [7, 11) is -3.97. The lowest BCUT2D eigenvalue weighted by atomic mass is 10.3. The number of primary sulfonamides is 1. The van der Waals surface area contributed by atoms with E-state index in [-0.39, 0.29) is 14.2 Å². The monoisotopic (exact) mass is 341 g/mol. The van der Waals surface area contributed by atoms with E-state index in [0.29, 0.717) is 13.0 Å². The van der Waals surface area contributed by atoms with E-state index in [1.165, 1.54) is 5.38 Å². The number of rotatable bonds is 3. The van der Waals surface area contributed by atoms with Gasteiger partial charge in [0.1, 0.15) is 9.77 Å². The number of hydrogen-bond acceptors (Lipinski definition) is 6. The fraction of sp³-hybridized carbons (Fsp3) is 0.375. The van der Waals surface area contributed by atoms with Crippen LogP contribution in [0.25, 0.3) is 0 Å². The number of thiophene rings is 1. The number of halogens is 1. The molecule has 0 bridgehead atoms. The van der Waals surface area contributed by atoms with Gasteiger partial charge < -0.3 is 9.47 Å². The van der Waals surface area contributed by atoms with Crippen LogP contribution in [-0.2, 0) is 19.5 Å². The van der Waals surface area contributed by atoms with Gasteiger partial charge in [0.25, 0.3) is 0 Å². The summed E-state index contributed by atoms with van der Waals surface area (Å²) in [5.41, 5.74) is 0. The van der Waals surface area contributed by atoms with Gasteiger partial charge in [-0.1, -0.05) is 0 Å². The first-order chi connectivity index (χ1) is 7.89. The summed E-state index contributed by atoms with van der Waals surface area (Å²) in [5.74, 6) is -0.741. The molecule has 6 nitrogen and oxygen atoms in total. The lowest BCUT2D eigenvalue weighted by Crippen LogP contribution is -2.32. The van der Waals surface area contributed by atoms with Gasteiger partial charge in [-0.2, -0.15) is 0 Å². The lowest BCUT2D eigenvalue weighted by molar-refractivity contribution is -0.184. The summed E-state index contributed by atoms with van der Waals surface area (Å²) >= 11 is 3.98. The zero-order chi connectivity index (χ0) is 12.6. The van der Waals surface area contributed by atoms with Crippen molar-refractivity contribution in [2.75, 3.05) is 6.61 Å². The molecule has 1 atom stereocenters. The number of ether oxygens (including phenoxy) is 2. The molecule has 1 fully saturated rings. The molecule has 1 aromatic rings. The van der Waals surface area contributed by atoms with Gasteiger partial charge in [0.05, 0.1) is 6.61 Å². The van der Waals surface area contributed by atoms with E-state index in [2.05, 4.69) is 15.9 Å². The average molecular weight is 342 g/mol. The molecule has 2 rings (SSSR count). The van der Waals surface area contributed by atoms with Crippen molar-refractivity contribution in [2.45, 2.75) is 17.6 Å². The van der Waals surface area contributed by atoms with Crippen LogP contribution < -0.4 is 5.14 Å². The van der Waals surface area contributed by atoms with Crippen molar-refractivity contribution in [1.29, 1.82) is 0 Å². The van der Waals surface area contributed by atoms with Crippen molar-refractivity contribution in [3.63, 3.8) is 0 Å². The Labute approximate surface area is 110 Å². The van der Waals surface area contributed by atoms with Crippen molar-refractivity contribution < 1.29 is 22.7 Å². The molecule has 2 heterocycles. The predicted octanol–water partition coefficient (Wildman–Crippen LogP) is 1.06. The van der Waals surface area contributed by atoms with Gasteiger partial charge >= 0.3 is 5.97 Å². The molecule has 1 aromatic heterocycles. The molecule has 0 aliphatic carbocycles. The Morgan fingerprint density at radius 3 is 2.76 bits per heavy atom. The summed E-state index contributed by atoms with van der Waals surface area (Å²) in [5, 5.41) is 6.50. The number of hydrogen-bond donors (Lipinski definition) is 1. The topological polar surface area (TPSA) is 95.7 Å². The van der Waals surface area contributed by atoms with Crippen molar-refractivity contribution in [3.8, 4) is 0 Å².